The van der Waals surface area contributed by atoms with Crippen molar-refractivity contribution in [1.82, 2.24) is 4.90 Å². The van der Waals surface area contributed by atoms with Gasteiger partial charge in [0.2, 0.25) is 0 Å². The highest BCUT2D eigenvalue weighted by molar-refractivity contribution is 5.93. The van der Waals surface area contributed by atoms with Crippen LogP contribution in [0.2, 0.25) is 0 Å². The summed E-state index contributed by atoms with van der Waals surface area (Å²) in [6, 6.07) is 7.21. The van der Waals surface area contributed by atoms with Gasteiger partial charge in [-0.25, -0.2) is 9.59 Å². The lowest BCUT2D eigenvalue weighted by Crippen LogP contribution is -2.54. The number of hydrogen-bond acceptors (Lipinski definition) is 2. The van der Waals surface area contributed by atoms with Crippen LogP contribution in [-0.4, -0.2) is 34.1 Å². The topological polar surface area (TPSA) is 69.6 Å². The van der Waals surface area contributed by atoms with Crippen LogP contribution in [0, 0.1) is 0 Å². The van der Waals surface area contributed by atoms with E-state index in [1.54, 1.807) is 6.92 Å². The molecule has 1 aromatic carbocycles. The second kappa shape index (κ2) is 7.11. The Morgan fingerprint density at radius 2 is 1.76 bits per heavy atom. The summed E-state index contributed by atoms with van der Waals surface area (Å²) in [5.74, 6) is -1.03. The molecule has 2 N–H and O–H groups in total. The molecule has 0 aliphatic heterocycles. The number of benzene rings is 1. The second-order valence-electron chi connectivity index (χ2n) is 5.49. The van der Waals surface area contributed by atoms with Crippen molar-refractivity contribution < 1.29 is 14.7 Å². The molecule has 0 saturated carbocycles. The molecule has 1 rings (SSSR count). The maximum atomic E-state index is 12.3. The maximum absolute atomic E-state index is 12.3. The third kappa shape index (κ3) is 4.21. The van der Waals surface area contributed by atoms with Crippen LogP contribution in [0.15, 0.2) is 24.3 Å². The fourth-order valence-electron chi connectivity index (χ4n) is 2.14. The van der Waals surface area contributed by atoms with Gasteiger partial charge in [0.1, 0.15) is 5.54 Å². The Balaban J connectivity index is 2.81. The second-order valence-corrected chi connectivity index (χ2v) is 5.49. The molecule has 2 amide bonds. The number of likely N-dealkylation sites (N-methyl/N-ethyl adjacent to an activating group) is 1. The minimum Gasteiger partial charge on any atom is -0.480 e. The van der Waals surface area contributed by atoms with Gasteiger partial charge in [-0.15, -0.1) is 0 Å². The van der Waals surface area contributed by atoms with Gasteiger partial charge in [-0.3, -0.25) is 0 Å². The van der Waals surface area contributed by atoms with Crippen molar-refractivity contribution in [3.63, 3.8) is 0 Å². The van der Waals surface area contributed by atoms with E-state index in [-0.39, 0.29) is 0 Å². The number of nitrogens with zero attached hydrogens (tertiary/aromatic N) is 1. The molecular formula is C16H24N2O3. The van der Waals surface area contributed by atoms with Gasteiger partial charge in [-0.1, -0.05) is 25.5 Å². The van der Waals surface area contributed by atoms with Crippen LogP contribution < -0.4 is 5.32 Å². The van der Waals surface area contributed by atoms with Crippen LogP contribution in [0.5, 0.6) is 0 Å². The summed E-state index contributed by atoms with van der Waals surface area (Å²) in [7, 11) is 0. The Morgan fingerprint density at radius 1 is 1.19 bits per heavy atom. The van der Waals surface area contributed by atoms with Crippen molar-refractivity contribution in [3.05, 3.63) is 29.8 Å². The quantitative estimate of drug-likeness (QED) is 0.844. The summed E-state index contributed by atoms with van der Waals surface area (Å²) in [6.07, 6.45) is 2.07. The summed E-state index contributed by atoms with van der Waals surface area (Å²) in [4.78, 5) is 24.8. The van der Waals surface area contributed by atoms with E-state index in [9.17, 15) is 14.7 Å². The molecule has 0 atom stereocenters. The molecule has 0 saturated heterocycles. The Labute approximate surface area is 126 Å². The lowest BCUT2D eigenvalue weighted by atomic mass is 10.0. The van der Waals surface area contributed by atoms with E-state index in [0.717, 1.165) is 12.8 Å². The number of hydrogen-bond donors (Lipinski definition) is 2. The number of carboxylic acid groups (broad SMARTS) is 1. The Bertz CT molecular complexity index is 495. The number of aliphatic carboxylic acids is 1. The zero-order chi connectivity index (χ0) is 16.0. The van der Waals surface area contributed by atoms with E-state index < -0.39 is 17.5 Å². The normalized spacial score (nSPS) is 11.0. The van der Waals surface area contributed by atoms with E-state index in [1.165, 1.54) is 24.3 Å². The van der Waals surface area contributed by atoms with E-state index in [2.05, 4.69) is 12.2 Å². The molecule has 5 heteroatoms. The lowest BCUT2D eigenvalue weighted by molar-refractivity contribution is -0.147. The fraction of sp³-hybridized carbons (Fsp3) is 0.500. The van der Waals surface area contributed by atoms with E-state index in [1.807, 2.05) is 24.3 Å². The highest BCUT2D eigenvalue weighted by Gasteiger charge is 2.36. The fourth-order valence-corrected chi connectivity index (χ4v) is 2.14. The first-order valence-corrected chi connectivity index (χ1v) is 7.23. The lowest BCUT2D eigenvalue weighted by Gasteiger charge is -2.34. The van der Waals surface area contributed by atoms with Crippen molar-refractivity contribution in [2.75, 3.05) is 11.9 Å². The molecule has 21 heavy (non-hydrogen) atoms. The van der Waals surface area contributed by atoms with Crippen molar-refractivity contribution in [2.45, 2.75) is 46.1 Å². The Hall–Kier alpha value is -2.04. The van der Waals surface area contributed by atoms with E-state index >= 15 is 0 Å². The number of carboxylic acids is 1. The average Bonchev–Trinajstić information content (AvgIpc) is 2.41. The van der Waals surface area contributed by atoms with Crippen molar-refractivity contribution in [1.29, 1.82) is 0 Å². The van der Waals surface area contributed by atoms with Crippen LogP contribution >= 0.6 is 0 Å². The molecule has 0 unspecified atom stereocenters. The molecular weight excluding hydrogens is 268 g/mol. The smallest absolute Gasteiger partial charge is 0.329 e. The first-order valence-electron chi connectivity index (χ1n) is 7.23. The number of carbonyl (C=O) groups excluding carboxylic acids is 1. The van der Waals surface area contributed by atoms with E-state index in [4.69, 9.17) is 0 Å². The highest BCUT2D eigenvalue weighted by Crippen LogP contribution is 2.17. The maximum Gasteiger partial charge on any atom is 0.329 e. The zero-order valence-electron chi connectivity index (χ0n) is 13.1. The monoisotopic (exact) mass is 292 g/mol. The minimum absolute atomic E-state index is 0.319. The average molecular weight is 292 g/mol. The number of carbonyl (C=O) groups is 2. The summed E-state index contributed by atoms with van der Waals surface area (Å²) in [5.41, 5.74) is 0.634. The molecule has 0 aromatic heterocycles. The van der Waals surface area contributed by atoms with Gasteiger partial charge in [-0.05, 0) is 44.9 Å². The summed E-state index contributed by atoms with van der Waals surface area (Å²) >= 11 is 0. The SMILES string of the molecule is CCCc1ccc(NC(=O)N(CC)C(C)(C)C(=O)O)cc1. The van der Waals surface area contributed by atoms with Crippen LogP contribution in [0.1, 0.15) is 39.7 Å². The van der Waals surface area contributed by atoms with Crippen LogP contribution in [-0.2, 0) is 11.2 Å². The van der Waals surface area contributed by atoms with Crippen molar-refractivity contribution in [3.8, 4) is 0 Å². The van der Waals surface area contributed by atoms with E-state index in [0.29, 0.717) is 12.2 Å². The predicted molar refractivity (Wildman–Crippen MR) is 83.6 cm³/mol. The first-order chi connectivity index (χ1) is 9.82. The third-order valence-corrected chi connectivity index (χ3v) is 3.50. The molecule has 0 fully saturated rings. The van der Waals surface area contributed by atoms with Gasteiger partial charge < -0.3 is 15.3 Å². The number of aryl methyl sites for hydroxylation is 1. The van der Waals surface area contributed by atoms with Crippen molar-refractivity contribution >= 4 is 17.7 Å². The molecule has 0 bridgehead atoms. The molecule has 0 aliphatic rings. The molecule has 0 aliphatic carbocycles. The zero-order valence-corrected chi connectivity index (χ0v) is 13.1. The number of urea groups is 1. The Kier molecular flexibility index (Phi) is 5.76. The van der Waals surface area contributed by atoms with Gasteiger partial charge >= 0.3 is 12.0 Å². The standard InChI is InChI=1S/C16H24N2O3/c1-5-7-12-8-10-13(11-9-12)17-15(21)18(6-2)16(3,4)14(19)20/h8-11H,5-7H2,1-4H3,(H,17,21)(H,19,20). The molecule has 116 valence electrons. The molecule has 1 aromatic rings. The highest BCUT2D eigenvalue weighted by atomic mass is 16.4. The van der Waals surface area contributed by atoms with Crippen LogP contribution in [0.25, 0.3) is 0 Å². The van der Waals surface area contributed by atoms with Gasteiger partial charge in [0.25, 0.3) is 0 Å². The first kappa shape index (κ1) is 17.0. The van der Waals surface area contributed by atoms with Crippen LogP contribution in [0.4, 0.5) is 10.5 Å². The number of amides is 2. The third-order valence-electron chi connectivity index (χ3n) is 3.50. The van der Waals surface area contributed by atoms with Gasteiger partial charge in [0.15, 0.2) is 0 Å². The minimum atomic E-state index is -1.25. The number of nitrogens with one attached hydrogen (secondary N) is 1. The number of rotatable bonds is 6. The summed E-state index contributed by atoms with van der Waals surface area (Å²) in [5, 5.41) is 12.0. The predicted octanol–water partition coefficient (Wildman–Crippen LogP) is 3.36. The molecule has 0 heterocycles. The molecule has 5 nitrogen and oxygen atoms in total. The van der Waals surface area contributed by atoms with Gasteiger partial charge in [0.05, 0.1) is 0 Å². The molecule has 0 spiro atoms. The Morgan fingerprint density at radius 3 is 2.19 bits per heavy atom. The summed E-state index contributed by atoms with van der Waals surface area (Å²) < 4.78 is 0. The largest absolute Gasteiger partial charge is 0.480 e. The van der Waals surface area contributed by atoms with Gasteiger partial charge in [0, 0.05) is 12.2 Å². The van der Waals surface area contributed by atoms with Gasteiger partial charge in [-0.2, -0.15) is 0 Å². The molecule has 0 radical (unpaired) electrons. The van der Waals surface area contributed by atoms with Crippen LogP contribution in [0.3, 0.4) is 0 Å². The summed E-state index contributed by atoms with van der Waals surface area (Å²) in [6.45, 7) is 7.22. The van der Waals surface area contributed by atoms with Crippen molar-refractivity contribution in [2.24, 2.45) is 0 Å². The number of anilines is 1.